The lowest BCUT2D eigenvalue weighted by atomic mass is 10.1. The van der Waals surface area contributed by atoms with Crippen molar-refractivity contribution in [3.05, 3.63) is 64.1 Å². The summed E-state index contributed by atoms with van der Waals surface area (Å²) < 4.78 is 7.06. The lowest BCUT2D eigenvalue weighted by Gasteiger charge is -2.18. The molecule has 0 saturated carbocycles. The van der Waals surface area contributed by atoms with Gasteiger partial charge in [-0.1, -0.05) is 53.5 Å². The molecule has 0 radical (unpaired) electrons. The van der Waals surface area contributed by atoms with Gasteiger partial charge in [-0.15, -0.1) is 0 Å². The molecule has 0 spiro atoms. The number of aryl methyl sites for hydroxylation is 1. The van der Waals surface area contributed by atoms with Gasteiger partial charge in [-0.2, -0.15) is 0 Å². The molecular weight excluding hydrogens is 326 g/mol. The Morgan fingerprint density at radius 2 is 1.90 bits per heavy atom. The van der Waals surface area contributed by atoms with Crippen LogP contribution in [0.2, 0.25) is 0 Å². The first-order chi connectivity index (χ1) is 10.2. The van der Waals surface area contributed by atoms with Crippen molar-refractivity contribution in [2.75, 3.05) is 6.54 Å². The predicted octanol–water partition coefficient (Wildman–Crippen LogP) is 4.87. The number of rotatable bonds is 7. The Labute approximate surface area is 135 Å². The van der Waals surface area contributed by atoms with E-state index in [1.54, 1.807) is 0 Å². The molecule has 0 heterocycles. The van der Waals surface area contributed by atoms with Crippen molar-refractivity contribution in [1.82, 2.24) is 0 Å². The average molecular weight is 348 g/mol. The zero-order chi connectivity index (χ0) is 15.1. The van der Waals surface area contributed by atoms with E-state index in [0.29, 0.717) is 6.54 Å². The minimum absolute atomic E-state index is 0.121. The molecule has 2 N–H and O–H groups in total. The SMILES string of the molecule is CCCCc1ccc(OC(CN)c2cccc(Br)c2)cc1. The number of nitrogens with two attached hydrogens (primary N) is 1. The fourth-order valence-electron chi connectivity index (χ4n) is 2.24. The predicted molar refractivity (Wildman–Crippen MR) is 91.6 cm³/mol. The molecule has 1 atom stereocenters. The third kappa shape index (κ3) is 4.87. The van der Waals surface area contributed by atoms with Gasteiger partial charge in [-0.25, -0.2) is 0 Å². The molecule has 0 saturated heterocycles. The summed E-state index contributed by atoms with van der Waals surface area (Å²) in [5.41, 5.74) is 8.30. The van der Waals surface area contributed by atoms with Crippen LogP contribution in [0.4, 0.5) is 0 Å². The molecule has 0 aromatic heterocycles. The first-order valence-electron chi connectivity index (χ1n) is 7.44. The number of unbranched alkanes of at least 4 members (excludes halogenated alkanes) is 1. The fraction of sp³-hybridized carbons (Fsp3) is 0.333. The molecule has 0 aliphatic rings. The second kappa shape index (κ2) is 8.20. The van der Waals surface area contributed by atoms with Gasteiger partial charge in [0, 0.05) is 11.0 Å². The molecule has 112 valence electrons. The molecule has 0 fully saturated rings. The first kappa shape index (κ1) is 16.1. The van der Waals surface area contributed by atoms with E-state index in [1.165, 1.54) is 18.4 Å². The van der Waals surface area contributed by atoms with E-state index < -0.39 is 0 Å². The number of benzene rings is 2. The smallest absolute Gasteiger partial charge is 0.136 e. The minimum Gasteiger partial charge on any atom is -0.484 e. The van der Waals surface area contributed by atoms with Crippen molar-refractivity contribution >= 4 is 15.9 Å². The zero-order valence-electron chi connectivity index (χ0n) is 12.4. The van der Waals surface area contributed by atoms with E-state index in [-0.39, 0.29) is 6.10 Å². The van der Waals surface area contributed by atoms with Crippen LogP contribution in [0.3, 0.4) is 0 Å². The maximum Gasteiger partial charge on any atom is 0.136 e. The van der Waals surface area contributed by atoms with E-state index in [1.807, 2.05) is 36.4 Å². The van der Waals surface area contributed by atoms with Crippen molar-refractivity contribution < 1.29 is 4.74 Å². The maximum absolute atomic E-state index is 6.02. The van der Waals surface area contributed by atoms with Crippen LogP contribution in [0.25, 0.3) is 0 Å². The van der Waals surface area contributed by atoms with Crippen LogP contribution >= 0.6 is 15.9 Å². The molecule has 21 heavy (non-hydrogen) atoms. The second-order valence-corrected chi connectivity index (χ2v) is 6.06. The topological polar surface area (TPSA) is 35.2 Å². The highest BCUT2D eigenvalue weighted by molar-refractivity contribution is 9.10. The van der Waals surface area contributed by atoms with Gasteiger partial charge in [0.15, 0.2) is 0 Å². The van der Waals surface area contributed by atoms with Crippen LogP contribution in [0.15, 0.2) is 53.0 Å². The summed E-state index contributed by atoms with van der Waals surface area (Å²) in [7, 11) is 0. The van der Waals surface area contributed by atoms with Gasteiger partial charge in [0.25, 0.3) is 0 Å². The Morgan fingerprint density at radius 1 is 1.14 bits per heavy atom. The van der Waals surface area contributed by atoms with Crippen molar-refractivity contribution in [3.8, 4) is 5.75 Å². The number of ether oxygens (including phenoxy) is 1. The van der Waals surface area contributed by atoms with Crippen LogP contribution < -0.4 is 10.5 Å². The summed E-state index contributed by atoms with van der Waals surface area (Å²) in [6, 6.07) is 16.4. The third-order valence-electron chi connectivity index (χ3n) is 3.46. The largest absolute Gasteiger partial charge is 0.484 e. The number of hydrogen-bond donors (Lipinski definition) is 1. The van der Waals surface area contributed by atoms with E-state index >= 15 is 0 Å². The molecule has 0 aliphatic carbocycles. The Balaban J connectivity index is 2.04. The Bertz CT molecular complexity index is 553. The van der Waals surface area contributed by atoms with Gasteiger partial charge in [0.1, 0.15) is 11.9 Å². The quantitative estimate of drug-likeness (QED) is 0.775. The lowest BCUT2D eigenvalue weighted by molar-refractivity contribution is 0.214. The van der Waals surface area contributed by atoms with E-state index in [9.17, 15) is 0 Å². The lowest BCUT2D eigenvalue weighted by Crippen LogP contribution is -2.18. The summed E-state index contributed by atoms with van der Waals surface area (Å²) in [5, 5.41) is 0. The molecule has 0 aliphatic heterocycles. The van der Waals surface area contributed by atoms with Crippen LogP contribution in [0.5, 0.6) is 5.75 Å². The van der Waals surface area contributed by atoms with Gasteiger partial charge < -0.3 is 10.5 Å². The van der Waals surface area contributed by atoms with Crippen LogP contribution in [-0.2, 0) is 6.42 Å². The van der Waals surface area contributed by atoms with Crippen molar-refractivity contribution in [3.63, 3.8) is 0 Å². The first-order valence-corrected chi connectivity index (χ1v) is 8.23. The van der Waals surface area contributed by atoms with Crippen molar-refractivity contribution in [1.29, 1.82) is 0 Å². The van der Waals surface area contributed by atoms with Gasteiger partial charge in [0.05, 0.1) is 0 Å². The van der Waals surface area contributed by atoms with Gasteiger partial charge in [-0.3, -0.25) is 0 Å². The molecule has 2 aromatic rings. The molecule has 2 nitrogen and oxygen atoms in total. The molecular formula is C18H22BrNO. The highest BCUT2D eigenvalue weighted by Crippen LogP contribution is 2.24. The molecule has 0 amide bonds. The Kier molecular flexibility index (Phi) is 6.27. The molecule has 3 heteroatoms. The zero-order valence-corrected chi connectivity index (χ0v) is 14.0. The van der Waals surface area contributed by atoms with E-state index in [2.05, 4.69) is 35.0 Å². The standard InChI is InChI=1S/C18H22BrNO/c1-2-3-5-14-8-10-17(11-9-14)21-18(13-20)15-6-4-7-16(19)12-15/h4,6-12,18H,2-3,5,13,20H2,1H3. The van der Waals surface area contributed by atoms with Crippen LogP contribution in [0.1, 0.15) is 37.0 Å². The molecule has 2 rings (SSSR count). The van der Waals surface area contributed by atoms with Crippen molar-refractivity contribution in [2.24, 2.45) is 5.73 Å². The summed E-state index contributed by atoms with van der Waals surface area (Å²) in [4.78, 5) is 0. The third-order valence-corrected chi connectivity index (χ3v) is 3.95. The van der Waals surface area contributed by atoms with Crippen LogP contribution in [-0.4, -0.2) is 6.54 Å². The summed E-state index contributed by atoms with van der Waals surface area (Å²) in [6.45, 7) is 2.66. The van der Waals surface area contributed by atoms with Crippen LogP contribution in [0, 0.1) is 0 Å². The molecule has 0 bridgehead atoms. The summed E-state index contributed by atoms with van der Waals surface area (Å²) in [5.74, 6) is 0.866. The Morgan fingerprint density at radius 3 is 2.52 bits per heavy atom. The van der Waals surface area contributed by atoms with Crippen molar-refractivity contribution in [2.45, 2.75) is 32.3 Å². The minimum atomic E-state index is -0.121. The number of halogens is 1. The maximum atomic E-state index is 6.02. The monoisotopic (exact) mass is 347 g/mol. The highest BCUT2D eigenvalue weighted by Gasteiger charge is 2.11. The molecule has 1 unspecified atom stereocenters. The highest BCUT2D eigenvalue weighted by atomic mass is 79.9. The van der Waals surface area contributed by atoms with Gasteiger partial charge >= 0.3 is 0 Å². The summed E-state index contributed by atoms with van der Waals surface area (Å²) in [6.07, 6.45) is 3.45. The fourth-order valence-corrected chi connectivity index (χ4v) is 2.66. The summed E-state index contributed by atoms with van der Waals surface area (Å²) >= 11 is 3.48. The number of hydrogen-bond acceptors (Lipinski definition) is 2. The van der Waals surface area contributed by atoms with Gasteiger partial charge in [0.2, 0.25) is 0 Å². The second-order valence-electron chi connectivity index (χ2n) is 5.14. The Hall–Kier alpha value is -1.32. The normalized spacial score (nSPS) is 12.1. The van der Waals surface area contributed by atoms with E-state index in [4.69, 9.17) is 10.5 Å². The van der Waals surface area contributed by atoms with E-state index in [0.717, 1.165) is 22.2 Å². The average Bonchev–Trinajstić information content (AvgIpc) is 2.51. The molecule has 2 aromatic carbocycles. The van der Waals surface area contributed by atoms with Gasteiger partial charge in [-0.05, 0) is 48.2 Å².